The second-order valence-corrected chi connectivity index (χ2v) is 7.18. The van der Waals surface area contributed by atoms with Crippen molar-refractivity contribution >= 4 is 15.7 Å². The Kier molecular flexibility index (Phi) is 5.61. The summed E-state index contributed by atoms with van der Waals surface area (Å²) in [5, 5.41) is 3.36. The second kappa shape index (κ2) is 7.24. The molecule has 118 valence electrons. The Morgan fingerprint density at radius 1 is 1.33 bits per heavy atom. The van der Waals surface area contributed by atoms with Gasteiger partial charge in [-0.1, -0.05) is 19.1 Å². The van der Waals surface area contributed by atoms with Gasteiger partial charge in [0.05, 0.1) is 11.8 Å². The van der Waals surface area contributed by atoms with Gasteiger partial charge >= 0.3 is 0 Å². The van der Waals surface area contributed by atoms with Gasteiger partial charge in [-0.15, -0.1) is 0 Å². The molecule has 5 nitrogen and oxygen atoms in total. The van der Waals surface area contributed by atoms with Crippen molar-refractivity contribution in [3.8, 4) is 0 Å². The van der Waals surface area contributed by atoms with Crippen LogP contribution in [-0.4, -0.2) is 33.7 Å². The van der Waals surface area contributed by atoms with Gasteiger partial charge in [0, 0.05) is 19.2 Å². The Morgan fingerprint density at radius 3 is 2.81 bits per heavy atom. The fraction of sp³-hybridized carbons (Fsp3) is 0.600. The standard InChI is InChI=1S/C15H24N2O3S/c1-3-9-16-21(18,19)15-7-5-4-6-14(15)17-13-8-10-20-12(2)11-13/h4-7,12-13,16-17H,3,8-11H2,1-2H3. The number of sulfonamides is 1. The van der Waals surface area contributed by atoms with Gasteiger partial charge in [0.2, 0.25) is 10.0 Å². The number of para-hydroxylation sites is 1. The lowest BCUT2D eigenvalue weighted by molar-refractivity contribution is 0.0232. The molecule has 6 heteroatoms. The number of nitrogens with one attached hydrogen (secondary N) is 2. The summed E-state index contributed by atoms with van der Waals surface area (Å²) in [7, 11) is -3.46. The van der Waals surface area contributed by atoms with Crippen LogP contribution in [0.3, 0.4) is 0 Å². The van der Waals surface area contributed by atoms with Gasteiger partial charge < -0.3 is 10.1 Å². The minimum Gasteiger partial charge on any atom is -0.381 e. The van der Waals surface area contributed by atoms with Gasteiger partial charge in [-0.05, 0) is 38.3 Å². The highest BCUT2D eigenvalue weighted by Gasteiger charge is 2.22. The predicted octanol–water partition coefficient (Wildman–Crippen LogP) is 2.35. The molecule has 2 atom stereocenters. The zero-order valence-corrected chi connectivity index (χ0v) is 13.4. The van der Waals surface area contributed by atoms with Crippen LogP contribution in [0.2, 0.25) is 0 Å². The zero-order valence-electron chi connectivity index (χ0n) is 12.6. The first-order chi connectivity index (χ1) is 10.0. The van der Waals surface area contributed by atoms with Crippen LogP contribution < -0.4 is 10.0 Å². The largest absolute Gasteiger partial charge is 0.381 e. The average molecular weight is 312 g/mol. The summed E-state index contributed by atoms with van der Waals surface area (Å²) in [6.07, 6.45) is 2.75. The number of anilines is 1. The van der Waals surface area contributed by atoms with Crippen LogP contribution in [0.4, 0.5) is 5.69 Å². The summed E-state index contributed by atoms with van der Waals surface area (Å²) in [6, 6.07) is 7.31. The average Bonchev–Trinajstić information content (AvgIpc) is 2.46. The number of rotatable bonds is 6. The maximum Gasteiger partial charge on any atom is 0.242 e. The fourth-order valence-corrected chi connectivity index (χ4v) is 3.79. The number of hydrogen-bond acceptors (Lipinski definition) is 4. The van der Waals surface area contributed by atoms with E-state index >= 15 is 0 Å². The Bertz CT molecular complexity index is 560. The molecule has 1 aromatic rings. The highest BCUT2D eigenvalue weighted by Crippen LogP contribution is 2.24. The Balaban J connectivity index is 2.16. The van der Waals surface area contributed by atoms with Crippen molar-refractivity contribution in [1.82, 2.24) is 4.72 Å². The molecule has 1 fully saturated rings. The van der Waals surface area contributed by atoms with Crippen molar-refractivity contribution in [2.45, 2.75) is 50.2 Å². The molecule has 2 unspecified atom stereocenters. The summed E-state index contributed by atoms with van der Waals surface area (Å²) >= 11 is 0. The van der Waals surface area contributed by atoms with E-state index in [1.165, 1.54) is 0 Å². The van der Waals surface area contributed by atoms with Crippen molar-refractivity contribution in [3.05, 3.63) is 24.3 Å². The molecule has 0 aliphatic carbocycles. The summed E-state index contributed by atoms with van der Waals surface area (Å²) in [5.41, 5.74) is 0.667. The summed E-state index contributed by atoms with van der Waals surface area (Å²) < 4.78 is 32.8. The molecular weight excluding hydrogens is 288 g/mol. The van der Waals surface area contributed by atoms with Crippen LogP contribution in [-0.2, 0) is 14.8 Å². The molecule has 2 N–H and O–H groups in total. The molecule has 0 radical (unpaired) electrons. The third kappa shape index (κ3) is 4.43. The highest BCUT2D eigenvalue weighted by molar-refractivity contribution is 7.89. The van der Waals surface area contributed by atoms with Gasteiger partial charge in [0.1, 0.15) is 4.90 Å². The van der Waals surface area contributed by atoms with Crippen LogP contribution in [0.5, 0.6) is 0 Å². The normalized spacial score (nSPS) is 23.0. The molecule has 1 aliphatic heterocycles. The Hall–Kier alpha value is -1.11. The van der Waals surface area contributed by atoms with E-state index in [4.69, 9.17) is 4.74 Å². The van der Waals surface area contributed by atoms with E-state index in [0.717, 1.165) is 19.3 Å². The van der Waals surface area contributed by atoms with Crippen molar-refractivity contribution in [3.63, 3.8) is 0 Å². The number of hydrogen-bond donors (Lipinski definition) is 2. The van der Waals surface area contributed by atoms with Gasteiger partial charge in [-0.2, -0.15) is 0 Å². The first-order valence-corrected chi connectivity index (χ1v) is 8.98. The molecule has 0 aromatic heterocycles. The number of benzene rings is 1. The fourth-order valence-electron chi connectivity index (χ4n) is 2.48. The molecule has 0 amide bonds. The van der Waals surface area contributed by atoms with Crippen LogP contribution in [0.25, 0.3) is 0 Å². The lowest BCUT2D eigenvalue weighted by Crippen LogP contribution is -2.33. The third-order valence-corrected chi connectivity index (χ3v) is 5.08. The van der Waals surface area contributed by atoms with E-state index in [9.17, 15) is 8.42 Å². The first kappa shape index (κ1) is 16.3. The molecule has 1 aliphatic rings. The van der Waals surface area contributed by atoms with Crippen molar-refractivity contribution < 1.29 is 13.2 Å². The molecule has 1 heterocycles. The molecule has 2 rings (SSSR count). The lowest BCUT2D eigenvalue weighted by Gasteiger charge is -2.29. The second-order valence-electron chi connectivity index (χ2n) is 5.44. The van der Waals surface area contributed by atoms with Gasteiger partial charge in [0.25, 0.3) is 0 Å². The quantitative estimate of drug-likeness (QED) is 0.846. The van der Waals surface area contributed by atoms with E-state index in [0.29, 0.717) is 23.7 Å². The van der Waals surface area contributed by atoms with Crippen molar-refractivity contribution in [2.75, 3.05) is 18.5 Å². The molecule has 0 spiro atoms. The molecular formula is C15H24N2O3S. The maximum absolute atomic E-state index is 12.3. The zero-order chi connectivity index (χ0) is 15.3. The summed E-state index contributed by atoms with van der Waals surface area (Å²) in [4.78, 5) is 0.317. The predicted molar refractivity (Wildman–Crippen MR) is 84.0 cm³/mol. The van der Waals surface area contributed by atoms with E-state index < -0.39 is 10.0 Å². The molecule has 1 saturated heterocycles. The van der Waals surface area contributed by atoms with Crippen LogP contribution in [0.15, 0.2) is 29.2 Å². The van der Waals surface area contributed by atoms with E-state index in [-0.39, 0.29) is 12.1 Å². The van der Waals surface area contributed by atoms with Crippen LogP contribution in [0, 0.1) is 0 Å². The monoisotopic (exact) mass is 312 g/mol. The smallest absolute Gasteiger partial charge is 0.242 e. The topological polar surface area (TPSA) is 67.4 Å². The molecule has 0 bridgehead atoms. The highest BCUT2D eigenvalue weighted by atomic mass is 32.2. The van der Waals surface area contributed by atoms with Gasteiger partial charge in [-0.25, -0.2) is 13.1 Å². The first-order valence-electron chi connectivity index (χ1n) is 7.49. The summed E-state index contributed by atoms with van der Waals surface area (Å²) in [5.74, 6) is 0. The van der Waals surface area contributed by atoms with Crippen LogP contribution >= 0.6 is 0 Å². The van der Waals surface area contributed by atoms with Gasteiger partial charge in [0.15, 0.2) is 0 Å². The third-order valence-electron chi connectivity index (χ3n) is 3.56. The summed E-state index contributed by atoms with van der Waals surface area (Å²) in [6.45, 7) is 5.14. The lowest BCUT2D eigenvalue weighted by atomic mass is 10.0. The maximum atomic E-state index is 12.3. The Labute approximate surface area is 127 Å². The Morgan fingerprint density at radius 2 is 2.10 bits per heavy atom. The van der Waals surface area contributed by atoms with E-state index in [1.807, 2.05) is 26.0 Å². The minimum atomic E-state index is -3.46. The van der Waals surface area contributed by atoms with Crippen LogP contribution in [0.1, 0.15) is 33.1 Å². The SMILES string of the molecule is CCCNS(=O)(=O)c1ccccc1NC1CCOC(C)C1. The van der Waals surface area contributed by atoms with E-state index in [2.05, 4.69) is 10.0 Å². The van der Waals surface area contributed by atoms with Crippen molar-refractivity contribution in [2.24, 2.45) is 0 Å². The molecule has 21 heavy (non-hydrogen) atoms. The minimum absolute atomic E-state index is 0.207. The molecule has 0 saturated carbocycles. The van der Waals surface area contributed by atoms with Crippen molar-refractivity contribution in [1.29, 1.82) is 0 Å². The molecule has 1 aromatic carbocycles. The van der Waals surface area contributed by atoms with E-state index in [1.54, 1.807) is 12.1 Å². The number of ether oxygens (including phenoxy) is 1. The van der Waals surface area contributed by atoms with Gasteiger partial charge in [-0.3, -0.25) is 0 Å².